The Bertz CT molecular complexity index is 3000. The van der Waals surface area contributed by atoms with Crippen molar-refractivity contribution in [3.05, 3.63) is 240 Å². The third-order valence-corrected chi connectivity index (χ3v) is 12.6. The lowest BCUT2D eigenvalue weighted by Gasteiger charge is -2.11. The van der Waals surface area contributed by atoms with Crippen LogP contribution < -0.4 is 0 Å². The van der Waals surface area contributed by atoms with E-state index in [1.165, 1.54) is 88.4 Å². The highest BCUT2D eigenvalue weighted by Gasteiger charge is 2.15. The molecule has 0 aliphatic carbocycles. The van der Waals surface area contributed by atoms with Crippen LogP contribution in [0.15, 0.2) is 195 Å². The molecule has 0 N–H and O–H groups in total. The number of fused-ring (bicyclic) bond motifs is 6. The molecule has 0 saturated heterocycles. The van der Waals surface area contributed by atoms with Crippen molar-refractivity contribution in [2.24, 2.45) is 0 Å². The van der Waals surface area contributed by atoms with E-state index in [0.29, 0.717) is 26.4 Å². The molecule has 0 radical (unpaired) electrons. The van der Waals surface area contributed by atoms with E-state index in [0.717, 1.165) is 36.8 Å². The minimum atomic E-state index is 0.610. The maximum atomic E-state index is 6.07. The molecule has 0 aliphatic rings. The average molecular weight is 833 g/mol. The molecule has 0 aliphatic heterocycles. The van der Waals surface area contributed by atoms with Crippen LogP contribution in [0.2, 0.25) is 0 Å². The van der Waals surface area contributed by atoms with Gasteiger partial charge in [0.25, 0.3) is 0 Å². The summed E-state index contributed by atoms with van der Waals surface area (Å²) in [5, 5.41) is 5.08. The van der Waals surface area contributed by atoms with Gasteiger partial charge in [-0.2, -0.15) is 0 Å². The zero-order valence-corrected chi connectivity index (χ0v) is 36.3. The number of hydrogen-bond acceptors (Lipinski definition) is 2. The zero-order chi connectivity index (χ0) is 43.2. The molecule has 8 aromatic carbocycles. The van der Waals surface area contributed by atoms with Gasteiger partial charge in [0.2, 0.25) is 0 Å². The van der Waals surface area contributed by atoms with Gasteiger partial charge < -0.3 is 18.6 Å². The van der Waals surface area contributed by atoms with Gasteiger partial charge in [0.05, 0.1) is 48.5 Å². The van der Waals surface area contributed by atoms with Gasteiger partial charge in [-0.05, 0) is 131 Å². The minimum absolute atomic E-state index is 0.610. The van der Waals surface area contributed by atoms with Crippen LogP contribution >= 0.6 is 0 Å². The maximum absolute atomic E-state index is 6.07. The number of aryl methyl sites for hydroxylation is 2. The standard InChI is InChI=1S/C60H52N2O2/c1-3-43-13-19-49(20-14-43)41-63-37-35-47-27-33-59-55(39-47)53-9-5-7-11-57(53)61(59)51-29-23-45(24-30-51)17-18-46-25-31-52(32-26-46)62-58-12-8-6-10-54(58)56-40-48(28-34-60(56)62)36-38-64-42-50-21-15-44(4-2)16-22-50/h3-16,19-34,39-40H,1-2,17-18,35-38,41-42H2. The summed E-state index contributed by atoms with van der Waals surface area (Å²) >= 11 is 0. The highest BCUT2D eigenvalue weighted by atomic mass is 16.5. The van der Waals surface area contributed by atoms with Crippen LogP contribution in [0, 0.1) is 0 Å². The van der Waals surface area contributed by atoms with Crippen molar-refractivity contribution >= 4 is 55.8 Å². The molecule has 2 heterocycles. The van der Waals surface area contributed by atoms with Crippen LogP contribution in [0.1, 0.15) is 44.5 Å². The third-order valence-electron chi connectivity index (χ3n) is 12.6. The summed E-state index contributed by atoms with van der Waals surface area (Å²) in [6.45, 7) is 10.3. The van der Waals surface area contributed by atoms with Crippen molar-refractivity contribution in [2.45, 2.75) is 38.9 Å². The lowest BCUT2D eigenvalue weighted by Crippen LogP contribution is -1.99. The van der Waals surface area contributed by atoms with Crippen molar-refractivity contribution in [2.75, 3.05) is 13.2 Å². The number of aromatic nitrogens is 2. The lowest BCUT2D eigenvalue weighted by molar-refractivity contribution is 0.124. The van der Waals surface area contributed by atoms with E-state index in [4.69, 9.17) is 9.47 Å². The number of ether oxygens (including phenoxy) is 2. The molecule has 0 amide bonds. The fourth-order valence-electron chi connectivity index (χ4n) is 9.08. The summed E-state index contributed by atoms with van der Waals surface area (Å²) in [4.78, 5) is 0. The van der Waals surface area contributed by atoms with E-state index >= 15 is 0 Å². The fourth-order valence-corrected chi connectivity index (χ4v) is 9.08. The molecular formula is C60H52N2O2. The molecule has 2 aromatic heterocycles. The second kappa shape index (κ2) is 18.6. The van der Waals surface area contributed by atoms with Crippen LogP contribution in [0.4, 0.5) is 0 Å². The summed E-state index contributed by atoms with van der Waals surface area (Å²) in [5.74, 6) is 0. The lowest BCUT2D eigenvalue weighted by atomic mass is 10.0. The fraction of sp³-hybridized carbons (Fsp3) is 0.133. The number of nitrogens with zero attached hydrogens (tertiary/aromatic N) is 2. The second-order valence-corrected chi connectivity index (χ2v) is 16.7. The van der Waals surface area contributed by atoms with Gasteiger partial charge >= 0.3 is 0 Å². The number of benzene rings is 8. The first kappa shape index (κ1) is 40.8. The first-order chi connectivity index (χ1) is 31.6. The molecule has 0 bridgehead atoms. The van der Waals surface area contributed by atoms with Gasteiger partial charge in [0.15, 0.2) is 0 Å². The summed E-state index contributed by atoms with van der Waals surface area (Å²) < 4.78 is 16.9. The van der Waals surface area contributed by atoms with Gasteiger partial charge in [-0.25, -0.2) is 0 Å². The van der Waals surface area contributed by atoms with Gasteiger partial charge in [-0.1, -0.05) is 147 Å². The summed E-state index contributed by atoms with van der Waals surface area (Å²) in [7, 11) is 0. The number of rotatable bonds is 17. The molecule has 0 saturated carbocycles. The van der Waals surface area contributed by atoms with Gasteiger partial charge in [-0.15, -0.1) is 0 Å². The molecule has 4 nitrogen and oxygen atoms in total. The van der Waals surface area contributed by atoms with E-state index in [9.17, 15) is 0 Å². The largest absolute Gasteiger partial charge is 0.376 e. The molecule has 0 atom stereocenters. The SMILES string of the molecule is C=Cc1ccc(COCCc2ccc3c(c2)c2ccccc2n3-c2ccc(CCc3ccc(-n4c5ccccc5c5cc(CCOCc6ccc(C=C)cc6)ccc54)cc3)cc2)cc1. The number of hydrogen-bond donors (Lipinski definition) is 0. The van der Waals surface area contributed by atoms with Crippen molar-refractivity contribution in [1.29, 1.82) is 0 Å². The Morgan fingerprint density at radius 1 is 0.344 bits per heavy atom. The maximum Gasteiger partial charge on any atom is 0.0717 e. The summed E-state index contributed by atoms with van der Waals surface area (Å²) in [6.07, 6.45) is 7.41. The van der Waals surface area contributed by atoms with Crippen molar-refractivity contribution in [3.8, 4) is 11.4 Å². The first-order valence-corrected chi connectivity index (χ1v) is 22.4. The third kappa shape index (κ3) is 8.59. The van der Waals surface area contributed by atoms with Gasteiger partial charge in [0.1, 0.15) is 0 Å². The van der Waals surface area contributed by atoms with Crippen molar-refractivity contribution in [3.63, 3.8) is 0 Å². The Labute approximate surface area is 376 Å². The second-order valence-electron chi connectivity index (χ2n) is 16.7. The minimum Gasteiger partial charge on any atom is -0.376 e. The predicted molar refractivity (Wildman–Crippen MR) is 269 cm³/mol. The predicted octanol–water partition coefficient (Wildman–Crippen LogP) is 14.5. The van der Waals surface area contributed by atoms with Crippen LogP contribution in [0.3, 0.4) is 0 Å². The van der Waals surface area contributed by atoms with Gasteiger partial charge in [-0.3, -0.25) is 0 Å². The summed E-state index contributed by atoms with van der Waals surface area (Å²) in [6, 6.07) is 66.3. The van der Waals surface area contributed by atoms with Crippen molar-refractivity contribution in [1.82, 2.24) is 9.13 Å². The zero-order valence-electron chi connectivity index (χ0n) is 36.3. The monoisotopic (exact) mass is 832 g/mol. The Kier molecular flexibility index (Phi) is 11.9. The number of para-hydroxylation sites is 2. The topological polar surface area (TPSA) is 28.3 Å². The average Bonchev–Trinajstić information content (AvgIpc) is 3.86. The van der Waals surface area contributed by atoms with E-state index < -0.39 is 0 Å². The Morgan fingerprint density at radius 3 is 1.11 bits per heavy atom. The van der Waals surface area contributed by atoms with Crippen LogP contribution in [0.25, 0.3) is 67.1 Å². The normalized spacial score (nSPS) is 11.6. The molecular weight excluding hydrogens is 781 g/mol. The van der Waals surface area contributed by atoms with Gasteiger partial charge in [0, 0.05) is 32.9 Å². The van der Waals surface area contributed by atoms with E-state index in [2.05, 4.69) is 204 Å². The highest BCUT2D eigenvalue weighted by molar-refractivity contribution is 6.10. The smallest absolute Gasteiger partial charge is 0.0717 e. The quantitative estimate of drug-likeness (QED) is 0.0855. The Balaban J connectivity index is 0.793. The molecule has 314 valence electrons. The molecule has 0 fully saturated rings. The molecule has 0 unspecified atom stereocenters. The Hall–Kier alpha value is -7.24. The van der Waals surface area contributed by atoms with Crippen LogP contribution in [0.5, 0.6) is 0 Å². The highest BCUT2D eigenvalue weighted by Crippen LogP contribution is 2.35. The Morgan fingerprint density at radius 2 is 0.703 bits per heavy atom. The summed E-state index contributed by atoms with van der Waals surface area (Å²) in [5.41, 5.74) is 17.1. The molecule has 10 aromatic rings. The molecule has 10 rings (SSSR count). The molecule has 0 spiro atoms. The first-order valence-electron chi connectivity index (χ1n) is 22.4. The van der Waals surface area contributed by atoms with E-state index in [1.54, 1.807) is 0 Å². The van der Waals surface area contributed by atoms with E-state index in [1.807, 2.05) is 12.2 Å². The van der Waals surface area contributed by atoms with Crippen molar-refractivity contribution < 1.29 is 9.47 Å². The van der Waals surface area contributed by atoms with Crippen LogP contribution in [-0.2, 0) is 48.4 Å². The molecule has 64 heavy (non-hydrogen) atoms. The van der Waals surface area contributed by atoms with Crippen LogP contribution in [-0.4, -0.2) is 22.3 Å². The van der Waals surface area contributed by atoms with E-state index in [-0.39, 0.29) is 0 Å². The molecule has 4 heteroatoms.